The number of carboxylic acid groups (broad SMARTS) is 1. The van der Waals surface area contributed by atoms with E-state index in [1.54, 1.807) is 12.1 Å². The van der Waals surface area contributed by atoms with Crippen molar-refractivity contribution in [3.63, 3.8) is 0 Å². The van der Waals surface area contributed by atoms with Gasteiger partial charge in [-0.05, 0) is 23.1 Å². The molecule has 3 N–H and O–H groups in total. The second kappa shape index (κ2) is 6.52. The van der Waals surface area contributed by atoms with E-state index in [-0.39, 0.29) is 18.4 Å². The van der Waals surface area contributed by atoms with Crippen molar-refractivity contribution in [1.29, 1.82) is 0 Å². The molecule has 5 nitrogen and oxygen atoms in total. The Morgan fingerprint density at radius 1 is 1.20 bits per heavy atom. The zero-order chi connectivity index (χ0) is 15.3. The van der Waals surface area contributed by atoms with E-state index in [0.29, 0.717) is 5.56 Å². The van der Waals surface area contributed by atoms with Gasteiger partial charge in [-0.25, -0.2) is 4.79 Å². The lowest BCUT2D eigenvalue weighted by Gasteiger charge is -2.19. The number of aliphatic carboxylic acids is 1. The number of rotatable bonds is 5. The molecule has 1 aromatic rings. The van der Waals surface area contributed by atoms with Crippen LogP contribution < -0.4 is 5.32 Å². The van der Waals surface area contributed by atoms with Crippen LogP contribution in [-0.2, 0) is 10.2 Å². The molecule has 0 radical (unpaired) electrons. The number of amides is 1. The van der Waals surface area contributed by atoms with E-state index in [4.69, 9.17) is 10.2 Å². The molecular formula is C15H21NO4. The van der Waals surface area contributed by atoms with Gasteiger partial charge in [0.2, 0.25) is 0 Å². The Morgan fingerprint density at radius 3 is 2.15 bits per heavy atom. The lowest BCUT2D eigenvalue weighted by molar-refractivity contribution is -0.139. The average Bonchev–Trinajstić information content (AvgIpc) is 2.37. The molecule has 0 aliphatic carbocycles. The van der Waals surface area contributed by atoms with E-state index < -0.39 is 17.9 Å². The molecule has 110 valence electrons. The number of hydrogen-bond acceptors (Lipinski definition) is 3. The van der Waals surface area contributed by atoms with E-state index >= 15 is 0 Å². The highest BCUT2D eigenvalue weighted by molar-refractivity contribution is 5.96. The van der Waals surface area contributed by atoms with Crippen LogP contribution in [0.15, 0.2) is 24.3 Å². The summed E-state index contributed by atoms with van der Waals surface area (Å²) in [6.45, 7) is 5.93. The molecule has 20 heavy (non-hydrogen) atoms. The van der Waals surface area contributed by atoms with Crippen LogP contribution in [0.2, 0.25) is 0 Å². The largest absolute Gasteiger partial charge is 0.480 e. The standard InChI is InChI=1S/C15H21NO4/c1-15(2,3)11-6-4-10(5-7-11)13(18)16-12(8-9-17)14(19)20/h4-7,12,17H,8-9H2,1-3H3,(H,16,18)(H,19,20)/t12-/m1/s1. The van der Waals surface area contributed by atoms with Crippen molar-refractivity contribution in [1.82, 2.24) is 5.32 Å². The molecule has 0 aromatic heterocycles. The number of benzene rings is 1. The van der Waals surface area contributed by atoms with Crippen LogP contribution >= 0.6 is 0 Å². The molecular weight excluding hydrogens is 258 g/mol. The molecule has 1 rings (SSSR count). The fourth-order valence-corrected chi connectivity index (χ4v) is 1.75. The molecule has 0 fully saturated rings. The van der Waals surface area contributed by atoms with Gasteiger partial charge < -0.3 is 15.5 Å². The van der Waals surface area contributed by atoms with Gasteiger partial charge in [0.15, 0.2) is 0 Å². The Morgan fingerprint density at radius 2 is 1.75 bits per heavy atom. The summed E-state index contributed by atoms with van der Waals surface area (Å²) in [7, 11) is 0. The van der Waals surface area contributed by atoms with Gasteiger partial charge in [0.05, 0.1) is 0 Å². The van der Waals surface area contributed by atoms with E-state index in [0.717, 1.165) is 5.56 Å². The Labute approximate surface area is 118 Å². The van der Waals surface area contributed by atoms with Crippen LogP contribution in [0.25, 0.3) is 0 Å². The summed E-state index contributed by atoms with van der Waals surface area (Å²) in [4.78, 5) is 22.9. The third kappa shape index (κ3) is 4.35. The van der Waals surface area contributed by atoms with Gasteiger partial charge >= 0.3 is 5.97 Å². The van der Waals surface area contributed by atoms with Crippen molar-refractivity contribution in [3.8, 4) is 0 Å². The lowest BCUT2D eigenvalue weighted by Crippen LogP contribution is -2.41. The highest BCUT2D eigenvalue weighted by Crippen LogP contribution is 2.22. The van der Waals surface area contributed by atoms with E-state index in [1.807, 2.05) is 12.1 Å². The lowest BCUT2D eigenvalue weighted by atomic mass is 9.86. The molecule has 0 saturated carbocycles. The Kier molecular flexibility index (Phi) is 5.27. The molecule has 0 aliphatic heterocycles. The monoisotopic (exact) mass is 279 g/mol. The summed E-state index contributed by atoms with van der Waals surface area (Å²) < 4.78 is 0. The molecule has 0 aliphatic rings. The number of aliphatic hydroxyl groups is 1. The number of aliphatic hydroxyl groups excluding tert-OH is 1. The van der Waals surface area contributed by atoms with E-state index in [2.05, 4.69) is 26.1 Å². The molecule has 5 heteroatoms. The maximum Gasteiger partial charge on any atom is 0.326 e. The van der Waals surface area contributed by atoms with Crippen LogP contribution in [0.1, 0.15) is 43.1 Å². The van der Waals surface area contributed by atoms with Gasteiger partial charge in [-0.15, -0.1) is 0 Å². The van der Waals surface area contributed by atoms with Crippen LogP contribution in [0.3, 0.4) is 0 Å². The Balaban J connectivity index is 2.80. The van der Waals surface area contributed by atoms with E-state index in [1.165, 1.54) is 0 Å². The average molecular weight is 279 g/mol. The molecule has 0 saturated heterocycles. The fraction of sp³-hybridized carbons (Fsp3) is 0.467. The second-order valence-electron chi connectivity index (χ2n) is 5.70. The summed E-state index contributed by atoms with van der Waals surface area (Å²) in [6.07, 6.45) is -0.0127. The highest BCUT2D eigenvalue weighted by Gasteiger charge is 2.20. The van der Waals surface area contributed by atoms with Gasteiger partial charge in [0, 0.05) is 18.6 Å². The molecule has 0 heterocycles. The van der Waals surface area contributed by atoms with Crippen LogP contribution in [0.5, 0.6) is 0 Å². The third-order valence-electron chi connectivity index (χ3n) is 3.03. The topological polar surface area (TPSA) is 86.6 Å². The second-order valence-corrected chi connectivity index (χ2v) is 5.70. The Hall–Kier alpha value is -1.88. The van der Waals surface area contributed by atoms with Crippen molar-refractivity contribution in [2.24, 2.45) is 0 Å². The number of hydrogen-bond donors (Lipinski definition) is 3. The summed E-state index contributed by atoms with van der Waals surface area (Å²) in [5, 5.41) is 20.1. The first-order chi connectivity index (χ1) is 9.25. The molecule has 1 atom stereocenters. The SMILES string of the molecule is CC(C)(C)c1ccc(C(=O)N[C@H](CCO)C(=O)O)cc1. The summed E-state index contributed by atoms with van der Waals surface area (Å²) in [6, 6.07) is 5.99. The maximum atomic E-state index is 11.9. The van der Waals surface area contributed by atoms with Crippen molar-refractivity contribution in [2.75, 3.05) is 6.61 Å². The van der Waals surface area contributed by atoms with Gasteiger partial charge in [0.1, 0.15) is 6.04 Å². The molecule has 1 aromatic carbocycles. The van der Waals surface area contributed by atoms with Gasteiger partial charge in [0.25, 0.3) is 5.91 Å². The van der Waals surface area contributed by atoms with Gasteiger partial charge in [-0.1, -0.05) is 32.9 Å². The normalized spacial score (nSPS) is 12.8. The minimum Gasteiger partial charge on any atom is -0.480 e. The van der Waals surface area contributed by atoms with E-state index in [9.17, 15) is 9.59 Å². The first-order valence-electron chi connectivity index (χ1n) is 6.51. The predicted octanol–water partition coefficient (Wildman–Crippen LogP) is 1.55. The maximum absolute atomic E-state index is 11.9. The summed E-state index contributed by atoms with van der Waals surface area (Å²) in [5.74, 6) is -1.61. The predicted molar refractivity (Wildman–Crippen MR) is 75.7 cm³/mol. The molecule has 0 unspecified atom stereocenters. The molecule has 1 amide bonds. The van der Waals surface area contributed by atoms with Crippen LogP contribution in [0.4, 0.5) is 0 Å². The van der Waals surface area contributed by atoms with Gasteiger partial charge in [-0.3, -0.25) is 4.79 Å². The van der Waals surface area contributed by atoms with Crippen molar-refractivity contribution < 1.29 is 19.8 Å². The van der Waals surface area contributed by atoms with Gasteiger partial charge in [-0.2, -0.15) is 0 Å². The van der Waals surface area contributed by atoms with Crippen molar-refractivity contribution >= 4 is 11.9 Å². The zero-order valence-corrected chi connectivity index (χ0v) is 12.0. The molecule has 0 bridgehead atoms. The number of nitrogens with one attached hydrogen (secondary N) is 1. The fourth-order valence-electron chi connectivity index (χ4n) is 1.75. The summed E-state index contributed by atoms with van der Waals surface area (Å²) in [5.41, 5.74) is 1.50. The van der Waals surface area contributed by atoms with Crippen molar-refractivity contribution in [3.05, 3.63) is 35.4 Å². The Bertz CT molecular complexity index is 474. The van der Waals surface area contributed by atoms with Crippen LogP contribution in [0, 0.1) is 0 Å². The highest BCUT2D eigenvalue weighted by atomic mass is 16.4. The van der Waals surface area contributed by atoms with Crippen molar-refractivity contribution in [2.45, 2.75) is 38.6 Å². The smallest absolute Gasteiger partial charge is 0.326 e. The number of carbonyl (C=O) groups excluding carboxylic acids is 1. The quantitative estimate of drug-likeness (QED) is 0.763. The number of carboxylic acids is 1. The first kappa shape index (κ1) is 16.2. The molecule has 0 spiro atoms. The van der Waals surface area contributed by atoms with Crippen LogP contribution in [-0.4, -0.2) is 34.7 Å². The summed E-state index contributed by atoms with van der Waals surface area (Å²) >= 11 is 0. The number of carbonyl (C=O) groups is 2. The minimum absolute atomic E-state index is 0.00447. The minimum atomic E-state index is -1.15. The zero-order valence-electron chi connectivity index (χ0n) is 12.0. The first-order valence-corrected chi connectivity index (χ1v) is 6.51. The third-order valence-corrected chi connectivity index (χ3v) is 3.03.